The van der Waals surface area contributed by atoms with E-state index in [2.05, 4.69) is 15.5 Å². The summed E-state index contributed by atoms with van der Waals surface area (Å²) in [4.78, 5) is 22.6. The average Bonchev–Trinajstić information content (AvgIpc) is 3.32. The predicted molar refractivity (Wildman–Crippen MR) is 110 cm³/mol. The van der Waals surface area contributed by atoms with Crippen molar-refractivity contribution in [1.29, 1.82) is 0 Å². The summed E-state index contributed by atoms with van der Waals surface area (Å²) in [6.07, 6.45) is 0.588. The number of sulfonamides is 1. The molecule has 1 aliphatic heterocycles. The number of aromatic nitrogens is 2. The summed E-state index contributed by atoms with van der Waals surface area (Å²) in [7, 11) is -3.96. The summed E-state index contributed by atoms with van der Waals surface area (Å²) in [5, 5.41) is 20.8. The van der Waals surface area contributed by atoms with Gasteiger partial charge in [-0.15, -0.1) is 10.2 Å². The summed E-state index contributed by atoms with van der Waals surface area (Å²) in [6.45, 7) is 1.81. The zero-order chi connectivity index (χ0) is 21.5. The van der Waals surface area contributed by atoms with E-state index >= 15 is 0 Å². The molecule has 1 amide bonds. The molecular formula is C18H15N5O5S2. The summed E-state index contributed by atoms with van der Waals surface area (Å²) in [5.41, 5.74) is 1.34. The molecule has 12 heteroatoms. The summed E-state index contributed by atoms with van der Waals surface area (Å²) in [6, 6.07) is 12.1. The Bertz CT molecular complexity index is 1260. The number of hydrogen-bond donors (Lipinski definition) is 1. The number of para-hydroxylation sites is 1. The molecule has 0 spiro atoms. The molecule has 0 saturated heterocycles. The lowest BCUT2D eigenvalue weighted by Gasteiger charge is -2.22. The maximum absolute atomic E-state index is 13.1. The number of nitrogens with zero attached hydrogens (tertiary/aromatic N) is 4. The van der Waals surface area contributed by atoms with Gasteiger partial charge in [-0.2, -0.15) is 8.42 Å². The molecule has 1 aliphatic rings. The van der Waals surface area contributed by atoms with Gasteiger partial charge in [-0.1, -0.05) is 35.6 Å². The number of nitro benzene ring substituents is 1. The molecule has 0 bridgehead atoms. The number of nitrogens with one attached hydrogen (secondary N) is 1. The zero-order valence-electron chi connectivity index (χ0n) is 15.5. The van der Waals surface area contributed by atoms with Gasteiger partial charge in [0.05, 0.1) is 10.6 Å². The minimum Gasteiger partial charge on any atom is -0.296 e. The second-order valence-electron chi connectivity index (χ2n) is 6.62. The van der Waals surface area contributed by atoms with Crippen molar-refractivity contribution in [3.8, 4) is 0 Å². The summed E-state index contributed by atoms with van der Waals surface area (Å²) >= 11 is 0.719. The van der Waals surface area contributed by atoms with E-state index in [1.54, 1.807) is 12.1 Å². The van der Waals surface area contributed by atoms with Gasteiger partial charge in [0.25, 0.3) is 26.0 Å². The van der Waals surface area contributed by atoms with Crippen LogP contribution in [0.1, 0.15) is 22.8 Å². The number of carbonyl (C=O) groups excluding carboxylic acids is 1. The monoisotopic (exact) mass is 445 g/mol. The highest BCUT2D eigenvalue weighted by atomic mass is 32.2. The summed E-state index contributed by atoms with van der Waals surface area (Å²) < 4.78 is 27.3. The first-order chi connectivity index (χ1) is 14.3. The van der Waals surface area contributed by atoms with Crippen LogP contribution in [0.15, 0.2) is 52.9 Å². The van der Waals surface area contributed by atoms with Crippen LogP contribution >= 0.6 is 11.3 Å². The van der Waals surface area contributed by atoms with E-state index in [-0.39, 0.29) is 26.8 Å². The molecule has 0 radical (unpaired) electrons. The highest BCUT2D eigenvalue weighted by Crippen LogP contribution is 2.37. The molecule has 10 nitrogen and oxygen atoms in total. The second-order valence-corrected chi connectivity index (χ2v) is 9.58. The Morgan fingerprint density at radius 3 is 2.77 bits per heavy atom. The number of carbonyl (C=O) groups is 1. The number of amides is 1. The minimum absolute atomic E-state index is 0.0229. The van der Waals surface area contributed by atoms with Crippen molar-refractivity contribution >= 4 is 43.8 Å². The van der Waals surface area contributed by atoms with Gasteiger partial charge in [0, 0.05) is 23.7 Å². The lowest BCUT2D eigenvalue weighted by molar-refractivity contribution is -0.384. The highest BCUT2D eigenvalue weighted by molar-refractivity contribution is 7.94. The van der Waals surface area contributed by atoms with Crippen LogP contribution in [-0.2, 0) is 16.4 Å². The fourth-order valence-electron chi connectivity index (χ4n) is 3.28. The van der Waals surface area contributed by atoms with Crippen LogP contribution in [0.5, 0.6) is 0 Å². The highest BCUT2D eigenvalue weighted by Gasteiger charge is 2.38. The fourth-order valence-corrected chi connectivity index (χ4v) is 5.95. The molecule has 1 N–H and O–H groups in total. The molecule has 2 heterocycles. The number of hydrogen-bond acceptors (Lipinski definition) is 8. The third kappa shape index (κ3) is 3.50. The van der Waals surface area contributed by atoms with Crippen molar-refractivity contribution in [1.82, 2.24) is 10.2 Å². The number of anilines is 2. The van der Waals surface area contributed by atoms with Crippen LogP contribution in [0.4, 0.5) is 16.5 Å². The van der Waals surface area contributed by atoms with Gasteiger partial charge in [0.1, 0.15) is 0 Å². The first-order valence-corrected chi connectivity index (χ1v) is 11.0. The van der Waals surface area contributed by atoms with Gasteiger partial charge in [0.15, 0.2) is 0 Å². The molecule has 1 atom stereocenters. The molecule has 154 valence electrons. The van der Waals surface area contributed by atoms with E-state index in [0.29, 0.717) is 12.1 Å². The standard InChI is InChI=1S/C18H15N5O5S2/c1-11-9-12-5-2-3-8-15(12)22(11)30(27,28)18-21-20-17(29-18)19-16(24)13-6-4-7-14(10-13)23(25)26/h2-8,10-11H,9H2,1H3,(H,19,20,24). The van der Waals surface area contributed by atoms with Crippen LogP contribution in [-0.4, -0.2) is 35.5 Å². The Kier molecular flexibility index (Phi) is 4.95. The van der Waals surface area contributed by atoms with Crippen molar-refractivity contribution < 1.29 is 18.1 Å². The van der Waals surface area contributed by atoms with Gasteiger partial charge in [-0.3, -0.25) is 24.5 Å². The van der Waals surface area contributed by atoms with E-state index in [1.807, 2.05) is 19.1 Å². The van der Waals surface area contributed by atoms with Crippen molar-refractivity contribution in [3.05, 3.63) is 69.8 Å². The molecule has 2 aromatic carbocycles. The number of non-ortho nitro benzene ring substituents is 1. The second kappa shape index (κ2) is 7.46. The molecular weight excluding hydrogens is 430 g/mol. The Balaban J connectivity index is 1.58. The predicted octanol–water partition coefficient (Wildman–Crippen LogP) is 2.84. The molecule has 0 saturated carbocycles. The number of nitro groups is 1. The Morgan fingerprint density at radius 2 is 2.00 bits per heavy atom. The third-order valence-corrected chi connectivity index (χ3v) is 7.68. The first kappa shape index (κ1) is 19.9. The van der Waals surface area contributed by atoms with Crippen LogP contribution in [0, 0.1) is 10.1 Å². The third-order valence-electron chi connectivity index (χ3n) is 4.57. The molecule has 4 rings (SSSR count). The topological polar surface area (TPSA) is 135 Å². The maximum Gasteiger partial charge on any atom is 0.293 e. The van der Waals surface area contributed by atoms with Crippen LogP contribution in [0.25, 0.3) is 0 Å². The quantitative estimate of drug-likeness (QED) is 0.362. The lowest BCUT2D eigenvalue weighted by atomic mass is 10.1. The lowest BCUT2D eigenvalue weighted by Crippen LogP contribution is -2.35. The Labute approximate surface area is 175 Å². The van der Waals surface area contributed by atoms with Gasteiger partial charge in [0.2, 0.25) is 5.13 Å². The smallest absolute Gasteiger partial charge is 0.293 e. The number of rotatable bonds is 5. The van der Waals surface area contributed by atoms with Crippen molar-refractivity contribution in [3.63, 3.8) is 0 Å². The van der Waals surface area contributed by atoms with Gasteiger partial charge < -0.3 is 0 Å². The first-order valence-electron chi connectivity index (χ1n) is 8.79. The van der Waals surface area contributed by atoms with Crippen molar-refractivity contribution in [2.45, 2.75) is 23.7 Å². The maximum atomic E-state index is 13.1. The fraction of sp³-hybridized carbons (Fsp3) is 0.167. The molecule has 30 heavy (non-hydrogen) atoms. The molecule has 1 aromatic heterocycles. The van der Waals surface area contributed by atoms with E-state index < -0.39 is 20.9 Å². The zero-order valence-corrected chi connectivity index (χ0v) is 17.2. The van der Waals surface area contributed by atoms with Crippen LogP contribution < -0.4 is 9.62 Å². The molecule has 0 fully saturated rings. The van der Waals surface area contributed by atoms with Crippen molar-refractivity contribution in [2.75, 3.05) is 9.62 Å². The molecule has 0 aliphatic carbocycles. The van der Waals surface area contributed by atoms with E-state index in [9.17, 15) is 23.3 Å². The SMILES string of the molecule is CC1Cc2ccccc2N1S(=O)(=O)c1nnc(NC(=O)c2cccc([N+](=O)[O-])c2)s1. The van der Waals surface area contributed by atoms with Gasteiger partial charge >= 0.3 is 0 Å². The van der Waals surface area contributed by atoms with Gasteiger partial charge in [-0.25, -0.2) is 0 Å². The van der Waals surface area contributed by atoms with Crippen LogP contribution in [0.2, 0.25) is 0 Å². The van der Waals surface area contributed by atoms with Gasteiger partial charge in [-0.05, 0) is 31.0 Å². The van der Waals surface area contributed by atoms with Crippen LogP contribution in [0.3, 0.4) is 0 Å². The number of fused-ring (bicyclic) bond motifs is 1. The Hall–Kier alpha value is -3.38. The Morgan fingerprint density at radius 1 is 1.23 bits per heavy atom. The normalized spacial score (nSPS) is 15.6. The summed E-state index contributed by atoms with van der Waals surface area (Å²) in [5.74, 6) is -0.654. The molecule has 3 aromatic rings. The van der Waals surface area contributed by atoms with E-state index in [1.165, 1.54) is 22.5 Å². The van der Waals surface area contributed by atoms with Crippen molar-refractivity contribution in [2.24, 2.45) is 0 Å². The average molecular weight is 445 g/mol. The van der Waals surface area contributed by atoms with E-state index in [0.717, 1.165) is 23.0 Å². The number of benzene rings is 2. The minimum atomic E-state index is -3.96. The largest absolute Gasteiger partial charge is 0.296 e. The van der Waals surface area contributed by atoms with E-state index in [4.69, 9.17) is 0 Å². The molecule has 1 unspecified atom stereocenters.